The first kappa shape index (κ1) is 32.8. The molecule has 0 fully saturated rings. The van der Waals surface area contributed by atoms with Gasteiger partial charge < -0.3 is 19.7 Å². The first-order valence-corrected chi connectivity index (χ1v) is 14.7. The molecule has 0 saturated carbocycles. The molecule has 0 aromatic heterocycles. The number of rotatable bonds is 9. The lowest BCUT2D eigenvalue weighted by Crippen LogP contribution is -2.51. The van der Waals surface area contributed by atoms with Gasteiger partial charge in [-0.05, 0) is 63.4 Å². The fourth-order valence-electron chi connectivity index (χ4n) is 4.28. The van der Waals surface area contributed by atoms with Crippen LogP contribution in [0.15, 0.2) is 41.3 Å². The zero-order valence-corrected chi connectivity index (χ0v) is 24.3. The zero-order valence-electron chi connectivity index (χ0n) is 23.5. The van der Waals surface area contributed by atoms with Gasteiger partial charge in [0.25, 0.3) is 5.91 Å². The highest BCUT2D eigenvalue weighted by molar-refractivity contribution is 7.91. The minimum atomic E-state index is -4.42. The molecular formula is C28H32F4N2O7S. The number of hydrogen-bond donors (Lipinski definition) is 1. The van der Waals surface area contributed by atoms with E-state index in [1.807, 2.05) is 0 Å². The van der Waals surface area contributed by atoms with E-state index >= 15 is 4.39 Å². The van der Waals surface area contributed by atoms with Gasteiger partial charge in [0, 0.05) is 12.8 Å². The van der Waals surface area contributed by atoms with Gasteiger partial charge in [0.2, 0.25) is 0 Å². The Kier molecular flexibility index (Phi) is 9.91. The number of benzene rings is 2. The summed E-state index contributed by atoms with van der Waals surface area (Å²) < 4.78 is 89.7. The van der Waals surface area contributed by atoms with Crippen molar-refractivity contribution in [2.24, 2.45) is 0 Å². The lowest BCUT2D eigenvalue weighted by atomic mass is 10.0. The first-order valence-electron chi connectivity index (χ1n) is 13.0. The number of carbonyl (C=O) groups is 3. The number of anilines is 1. The summed E-state index contributed by atoms with van der Waals surface area (Å²) in [6.07, 6.45) is -7.51. The molecule has 1 N–H and O–H groups in total. The monoisotopic (exact) mass is 616 g/mol. The number of alkyl carbamates (subject to hydrolysis) is 1. The van der Waals surface area contributed by atoms with Crippen LogP contribution < -0.4 is 15.0 Å². The van der Waals surface area contributed by atoms with Gasteiger partial charge in [0.05, 0.1) is 35.6 Å². The van der Waals surface area contributed by atoms with Crippen LogP contribution in [0.5, 0.6) is 5.75 Å². The van der Waals surface area contributed by atoms with Crippen molar-refractivity contribution in [3.8, 4) is 5.75 Å². The van der Waals surface area contributed by atoms with Gasteiger partial charge >= 0.3 is 12.3 Å². The van der Waals surface area contributed by atoms with Crippen LogP contribution in [0.2, 0.25) is 0 Å². The van der Waals surface area contributed by atoms with Crippen molar-refractivity contribution >= 4 is 33.3 Å². The number of ketones is 1. The molecule has 1 atom stereocenters. The predicted molar refractivity (Wildman–Crippen MR) is 145 cm³/mol. The van der Waals surface area contributed by atoms with E-state index in [1.165, 1.54) is 7.11 Å². The van der Waals surface area contributed by atoms with Gasteiger partial charge in [-0.1, -0.05) is 12.1 Å². The topological polar surface area (TPSA) is 119 Å². The number of methoxy groups -OCH3 is 1. The fourth-order valence-corrected chi connectivity index (χ4v) is 5.90. The zero-order chi connectivity index (χ0) is 31.5. The smallest absolute Gasteiger partial charge is 0.408 e. The van der Waals surface area contributed by atoms with Crippen LogP contribution in [0.3, 0.4) is 0 Å². The number of alkyl halides is 3. The van der Waals surface area contributed by atoms with Crippen molar-refractivity contribution < 1.29 is 49.8 Å². The number of carbonyl (C=O) groups excluding carboxylic acids is 3. The molecule has 2 aromatic carbocycles. The molecule has 0 aliphatic carbocycles. The van der Waals surface area contributed by atoms with Crippen molar-refractivity contribution in [3.63, 3.8) is 0 Å². The van der Waals surface area contributed by atoms with Gasteiger partial charge in [-0.15, -0.1) is 0 Å². The number of unbranched alkanes of at least 4 members (excludes halogenated alkanes) is 1. The molecule has 9 nitrogen and oxygen atoms in total. The molecule has 2 aromatic rings. The molecular weight excluding hydrogens is 584 g/mol. The quantitative estimate of drug-likeness (QED) is 0.229. The highest BCUT2D eigenvalue weighted by atomic mass is 32.2. The Morgan fingerprint density at radius 2 is 1.71 bits per heavy atom. The molecule has 1 heterocycles. The maximum atomic E-state index is 15.2. The summed E-state index contributed by atoms with van der Waals surface area (Å²) >= 11 is 0. The van der Waals surface area contributed by atoms with Crippen molar-refractivity contribution in [2.45, 2.75) is 75.7 Å². The van der Waals surface area contributed by atoms with Gasteiger partial charge in [-0.2, -0.15) is 13.2 Å². The van der Waals surface area contributed by atoms with Crippen LogP contribution in [0.1, 0.15) is 62.4 Å². The second-order valence-electron chi connectivity index (χ2n) is 10.8. The Labute approximate surface area is 241 Å². The molecule has 1 aliphatic heterocycles. The summed E-state index contributed by atoms with van der Waals surface area (Å²) in [6, 6.07) is 6.34. The number of halogens is 4. The Morgan fingerprint density at radius 3 is 2.29 bits per heavy atom. The number of nitrogens with one attached hydrogen (secondary N) is 1. The molecule has 1 aliphatic rings. The number of ether oxygens (including phenoxy) is 2. The average Bonchev–Trinajstić information content (AvgIpc) is 2.93. The highest BCUT2D eigenvalue weighted by Gasteiger charge is 2.40. The van der Waals surface area contributed by atoms with Crippen LogP contribution in [0.25, 0.3) is 0 Å². The van der Waals surface area contributed by atoms with Crippen LogP contribution >= 0.6 is 0 Å². The van der Waals surface area contributed by atoms with Crippen LogP contribution in [-0.4, -0.2) is 56.9 Å². The summed E-state index contributed by atoms with van der Waals surface area (Å²) in [5.74, 6) is -3.32. The lowest BCUT2D eigenvalue weighted by Gasteiger charge is -2.27. The van der Waals surface area contributed by atoms with Crippen LogP contribution in [0.4, 0.5) is 28.0 Å². The first-order chi connectivity index (χ1) is 19.4. The second kappa shape index (κ2) is 12.7. The SMILES string of the molecule is COc1ccc(CN2C(=O)[C@@H](NC(=O)OC(C)(C)C)CS(=O)(=O)c3cc(F)c(C(=O)CCCCC(F)(F)F)cc32)cc1. The molecule has 14 heteroatoms. The fraction of sp³-hybridized carbons (Fsp3) is 0.464. The molecule has 2 amide bonds. The molecule has 0 saturated heterocycles. The third-order valence-electron chi connectivity index (χ3n) is 6.23. The van der Waals surface area contributed by atoms with Crippen LogP contribution in [-0.2, 0) is 25.9 Å². The van der Waals surface area contributed by atoms with E-state index in [0.29, 0.717) is 17.4 Å². The maximum absolute atomic E-state index is 15.2. The summed E-state index contributed by atoms with van der Waals surface area (Å²) in [5.41, 5.74) is -1.32. The molecule has 0 bridgehead atoms. The average molecular weight is 617 g/mol. The Hall–Kier alpha value is -3.68. The molecule has 0 radical (unpaired) electrons. The van der Waals surface area contributed by atoms with Crippen molar-refractivity contribution in [1.82, 2.24) is 5.32 Å². The summed E-state index contributed by atoms with van der Waals surface area (Å²) in [7, 11) is -2.96. The maximum Gasteiger partial charge on any atom is 0.408 e. The predicted octanol–water partition coefficient (Wildman–Crippen LogP) is 5.35. The third kappa shape index (κ3) is 8.66. The Balaban J connectivity index is 2.04. The molecule has 0 spiro atoms. The second-order valence-corrected chi connectivity index (χ2v) is 12.8. The summed E-state index contributed by atoms with van der Waals surface area (Å²) in [4.78, 5) is 39.5. The van der Waals surface area contributed by atoms with Gasteiger partial charge in [-0.25, -0.2) is 17.6 Å². The Morgan fingerprint density at radius 1 is 1.07 bits per heavy atom. The standard InChI is InChI=1S/C28H32F4N2O7S/c1-27(2,3)41-26(37)33-21-16-42(38,39)24-14-20(29)19(23(35)7-5-6-12-28(30,31)32)13-22(24)34(25(21)36)15-17-8-10-18(40-4)11-9-17/h8-11,13-14,21H,5-7,12,15-16H2,1-4H3,(H,33,37)/t21-/m0/s1. The molecule has 230 valence electrons. The number of sulfone groups is 1. The van der Waals surface area contributed by atoms with E-state index in [4.69, 9.17) is 9.47 Å². The van der Waals surface area contributed by atoms with E-state index in [1.54, 1.807) is 45.0 Å². The number of amides is 2. The normalized spacial score (nSPS) is 16.8. The van der Waals surface area contributed by atoms with E-state index in [0.717, 1.165) is 11.0 Å². The highest BCUT2D eigenvalue weighted by Crippen LogP contribution is 2.35. The largest absolute Gasteiger partial charge is 0.497 e. The third-order valence-corrected chi connectivity index (χ3v) is 8.00. The minimum absolute atomic E-state index is 0.177. The minimum Gasteiger partial charge on any atom is -0.497 e. The number of nitrogens with zero attached hydrogens (tertiary/aromatic N) is 1. The van der Waals surface area contributed by atoms with Crippen molar-refractivity contribution in [1.29, 1.82) is 0 Å². The number of fused-ring (bicyclic) bond motifs is 1. The summed E-state index contributed by atoms with van der Waals surface area (Å²) in [6.45, 7) is 4.50. The molecule has 0 unspecified atom stereocenters. The number of hydrogen-bond acceptors (Lipinski definition) is 7. The van der Waals surface area contributed by atoms with E-state index < -0.39 is 80.3 Å². The van der Waals surface area contributed by atoms with Gasteiger partial charge in [0.15, 0.2) is 15.6 Å². The Bertz CT molecular complexity index is 1440. The van der Waals surface area contributed by atoms with E-state index in [2.05, 4.69) is 5.32 Å². The molecule has 3 rings (SSSR count). The van der Waals surface area contributed by atoms with E-state index in [9.17, 15) is 36.0 Å². The van der Waals surface area contributed by atoms with Gasteiger partial charge in [-0.3, -0.25) is 9.59 Å². The van der Waals surface area contributed by atoms with Gasteiger partial charge in [0.1, 0.15) is 23.2 Å². The summed E-state index contributed by atoms with van der Waals surface area (Å²) in [5, 5.41) is 2.28. The van der Waals surface area contributed by atoms with Crippen molar-refractivity contribution in [3.05, 3.63) is 53.3 Å². The lowest BCUT2D eigenvalue weighted by molar-refractivity contribution is -0.135. The number of Topliss-reactive ketones (excluding diaryl/α,β-unsaturated/α-hetero) is 1. The van der Waals surface area contributed by atoms with Crippen molar-refractivity contribution in [2.75, 3.05) is 17.8 Å². The van der Waals surface area contributed by atoms with E-state index in [-0.39, 0.29) is 25.1 Å². The molecule has 42 heavy (non-hydrogen) atoms. The van der Waals surface area contributed by atoms with Crippen LogP contribution in [0, 0.1) is 5.82 Å².